The Hall–Kier alpha value is -4.27. The largest absolute Gasteiger partial charge is 0.351 e. The van der Waals surface area contributed by atoms with Crippen molar-refractivity contribution in [1.82, 2.24) is 30.2 Å². The Morgan fingerprint density at radius 2 is 1.97 bits per heavy atom. The van der Waals surface area contributed by atoms with Crippen LogP contribution in [0.1, 0.15) is 21.9 Å². The maximum atomic E-state index is 13.0. The van der Waals surface area contributed by atoms with E-state index < -0.39 is 0 Å². The first-order chi connectivity index (χ1) is 15.5. The number of hydrogen-bond acceptors (Lipinski definition) is 5. The van der Waals surface area contributed by atoms with E-state index in [2.05, 4.69) is 25.5 Å². The van der Waals surface area contributed by atoms with E-state index in [1.54, 1.807) is 36.9 Å². The molecule has 2 aromatic carbocycles. The van der Waals surface area contributed by atoms with Crippen LogP contribution in [0, 0.1) is 12.7 Å². The minimum atomic E-state index is -0.312. The first-order valence-corrected chi connectivity index (χ1v) is 9.97. The Morgan fingerprint density at radius 3 is 2.72 bits per heavy atom. The Kier molecular flexibility index (Phi) is 4.78. The van der Waals surface area contributed by atoms with Gasteiger partial charge >= 0.3 is 0 Å². The highest BCUT2D eigenvalue weighted by atomic mass is 19.1. The number of carbonyl (C=O) groups excluding carboxylic acids is 1. The van der Waals surface area contributed by atoms with Gasteiger partial charge in [0.05, 0.1) is 5.69 Å². The van der Waals surface area contributed by atoms with Crippen LogP contribution in [-0.4, -0.2) is 30.8 Å². The Bertz CT molecular complexity index is 1430. The second kappa shape index (κ2) is 7.77. The highest BCUT2D eigenvalue weighted by molar-refractivity contribution is 5.94. The van der Waals surface area contributed by atoms with E-state index in [9.17, 15) is 9.18 Å². The number of halogens is 1. The van der Waals surface area contributed by atoms with Crippen molar-refractivity contribution in [2.45, 2.75) is 13.5 Å². The van der Waals surface area contributed by atoms with Gasteiger partial charge in [-0.05, 0) is 48.9 Å². The molecule has 32 heavy (non-hydrogen) atoms. The summed E-state index contributed by atoms with van der Waals surface area (Å²) in [6, 6.07) is 15.6. The number of fused-ring (bicyclic) bond motifs is 1. The summed E-state index contributed by atoms with van der Waals surface area (Å²) in [7, 11) is 1.79. The third-order valence-electron chi connectivity index (χ3n) is 5.15. The molecule has 0 atom stereocenters. The van der Waals surface area contributed by atoms with E-state index in [0.717, 1.165) is 33.4 Å². The van der Waals surface area contributed by atoms with E-state index in [1.807, 2.05) is 24.3 Å². The molecule has 0 aliphatic rings. The summed E-state index contributed by atoms with van der Waals surface area (Å²) in [5.41, 5.74) is 4.50. The average Bonchev–Trinajstić information content (AvgIpc) is 3.50. The second-order valence-electron chi connectivity index (χ2n) is 7.48. The number of aromatic amines is 1. The predicted octanol–water partition coefficient (Wildman–Crippen LogP) is 4.00. The molecule has 3 aromatic heterocycles. The number of H-pyrrole nitrogens is 1. The second-order valence-corrected chi connectivity index (χ2v) is 7.48. The molecule has 1 amide bonds. The number of benzene rings is 2. The molecule has 3 heterocycles. The molecule has 0 radical (unpaired) electrons. The lowest BCUT2D eigenvalue weighted by Crippen LogP contribution is -2.23. The van der Waals surface area contributed by atoms with Crippen molar-refractivity contribution in [1.29, 1.82) is 0 Å². The zero-order valence-corrected chi connectivity index (χ0v) is 17.4. The maximum absolute atomic E-state index is 13.0. The minimum absolute atomic E-state index is 0.290. The van der Waals surface area contributed by atoms with Gasteiger partial charge in [-0.25, -0.2) is 4.39 Å². The van der Waals surface area contributed by atoms with Gasteiger partial charge in [0.15, 0.2) is 11.5 Å². The maximum Gasteiger partial charge on any atom is 0.274 e. The molecule has 160 valence electrons. The normalized spacial score (nSPS) is 11.2. The summed E-state index contributed by atoms with van der Waals surface area (Å²) in [6.07, 6.45) is 0. The standard InChI is InChI=1S/C23H19FN6O2/c1-13-26-23(32-29-13)20-10-16-9-15(5-8-18(16)27-20)21-11-19(28-30(21)2)22(31)25-12-14-3-6-17(24)7-4-14/h3-11,27H,12H2,1-2H3,(H,25,31). The van der Waals surface area contributed by atoms with Gasteiger partial charge in [-0.15, -0.1) is 0 Å². The lowest BCUT2D eigenvalue weighted by molar-refractivity contribution is 0.0945. The number of hydrogen-bond donors (Lipinski definition) is 2. The van der Waals surface area contributed by atoms with Crippen LogP contribution in [0.4, 0.5) is 4.39 Å². The van der Waals surface area contributed by atoms with Gasteiger partial charge in [0.1, 0.15) is 11.5 Å². The molecule has 5 rings (SSSR count). The number of rotatable bonds is 5. The first-order valence-electron chi connectivity index (χ1n) is 9.97. The van der Waals surface area contributed by atoms with Crippen LogP contribution in [-0.2, 0) is 13.6 Å². The van der Waals surface area contributed by atoms with E-state index in [1.165, 1.54) is 12.1 Å². The lowest BCUT2D eigenvalue weighted by Gasteiger charge is -2.03. The zero-order valence-electron chi connectivity index (χ0n) is 17.4. The van der Waals surface area contributed by atoms with Crippen LogP contribution in [0.15, 0.2) is 59.1 Å². The van der Waals surface area contributed by atoms with Gasteiger partial charge in [0.2, 0.25) is 0 Å². The van der Waals surface area contributed by atoms with Crippen LogP contribution < -0.4 is 5.32 Å². The van der Waals surface area contributed by atoms with Gasteiger partial charge in [-0.2, -0.15) is 10.1 Å². The number of aromatic nitrogens is 5. The molecule has 0 aliphatic carbocycles. The highest BCUT2D eigenvalue weighted by Crippen LogP contribution is 2.28. The van der Waals surface area contributed by atoms with Crippen molar-refractivity contribution in [2.75, 3.05) is 0 Å². The number of amides is 1. The average molecular weight is 430 g/mol. The smallest absolute Gasteiger partial charge is 0.274 e. The molecule has 0 unspecified atom stereocenters. The third kappa shape index (κ3) is 3.76. The van der Waals surface area contributed by atoms with Crippen molar-refractivity contribution >= 4 is 16.8 Å². The Labute approximate surface area is 182 Å². The van der Waals surface area contributed by atoms with Crippen LogP contribution in [0.3, 0.4) is 0 Å². The summed E-state index contributed by atoms with van der Waals surface area (Å²) in [6.45, 7) is 2.06. The molecular formula is C23H19FN6O2. The predicted molar refractivity (Wildman–Crippen MR) is 116 cm³/mol. The fourth-order valence-corrected chi connectivity index (χ4v) is 3.54. The molecule has 0 fully saturated rings. The molecule has 0 aliphatic heterocycles. The van der Waals surface area contributed by atoms with Crippen LogP contribution in [0.5, 0.6) is 0 Å². The molecule has 0 saturated carbocycles. The fraction of sp³-hybridized carbons (Fsp3) is 0.130. The monoisotopic (exact) mass is 430 g/mol. The van der Waals surface area contributed by atoms with Gasteiger partial charge < -0.3 is 14.8 Å². The van der Waals surface area contributed by atoms with Crippen molar-refractivity contribution < 1.29 is 13.7 Å². The van der Waals surface area contributed by atoms with Crippen molar-refractivity contribution in [3.8, 4) is 22.8 Å². The highest BCUT2D eigenvalue weighted by Gasteiger charge is 2.15. The molecule has 5 aromatic rings. The van der Waals surface area contributed by atoms with Crippen LogP contribution in [0.25, 0.3) is 33.7 Å². The minimum Gasteiger partial charge on any atom is -0.351 e. The van der Waals surface area contributed by atoms with E-state index in [4.69, 9.17) is 4.52 Å². The lowest BCUT2D eigenvalue weighted by atomic mass is 10.1. The first kappa shape index (κ1) is 19.7. The summed E-state index contributed by atoms with van der Waals surface area (Å²) in [5.74, 6) is 0.390. The van der Waals surface area contributed by atoms with Crippen LogP contribution in [0.2, 0.25) is 0 Å². The summed E-state index contributed by atoms with van der Waals surface area (Å²) >= 11 is 0. The van der Waals surface area contributed by atoms with Gasteiger partial charge in [0.25, 0.3) is 11.8 Å². The van der Waals surface area contributed by atoms with Crippen molar-refractivity contribution in [2.24, 2.45) is 7.05 Å². The molecule has 2 N–H and O–H groups in total. The number of carbonyl (C=O) groups is 1. The van der Waals surface area contributed by atoms with Gasteiger partial charge in [0, 0.05) is 30.1 Å². The quantitative estimate of drug-likeness (QED) is 0.439. The summed E-state index contributed by atoms with van der Waals surface area (Å²) < 4.78 is 19.9. The molecule has 8 nitrogen and oxygen atoms in total. The number of nitrogens with one attached hydrogen (secondary N) is 2. The van der Waals surface area contributed by atoms with E-state index in [-0.39, 0.29) is 18.3 Å². The third-order valence-corrected chi connectivity index (χ3v) is 5.15. The van der Waals surface area contributed by atoms with Crippen LogP contribution >= 0.6 is 0 Å². The molecule has 0 saturated heterocycles. The molecule has 0 spiro atoms. The van der Waals surface area contributed by atoms with Gasteiger partial charge in [-0.1, -0.05) is 23.4 Å². The molecule has 0 bridgehead atoms. The van der Waals surface area contributed by atoms with E-state index in [0.29, 0.717) is 17.4 Å². The van der Waals surface area contributed by atoms with Crippen molar-refractivity contribution in [3.05, 3.63) is 77.5 Å². The SMILES string of the molecule is Cc1noc(-c2cc3cc(-c4cc(C(=O)NCc5ccc(F)cc5)nn4C)ccc3[nH]2)n1. The Morgan fingerprint density at radius 1 is 1.16 bits per heavy atom. The zero-order chi connectivity index (χ0) is 22.2. The topological polar surface area (TPSA) is 102 Å². The fourth-order valence-electron chi connectivity index (χ4n) is 3.54. The number of aryl methyl sites for hydroxylation is 2. The van der Waals surface area contributed by atoms with Gasteiger partial charge in [-0.3, -0.25) is 9.48 Å². The molecule has 9 heteroatoms. The van der Waals surface area contributed by atoms with E-state index >= 15 is 0 Å². The molecular weight excluding hydrogens is 411 g/mol. The Balaban J connectivity index is 1.37. The summed E-state index contributed by atoms with van der Waals surface area (Å²) in [5, 5.41) is 12.0. The summed E-state index contributed by atoms with van der Waals surface area (Å²) in [4.78, 5) is 20.1. The number of nitrogens with zero attached hydrogens (tertiary/aromatic N) is 4. The van der Waals surface area contributed by atoms with Crippen molar-refractivity contribution in [3.63, 3.8) is 0 Å².